The molecular formula is C29H24N2. The predicted molar refractivity (Wildman–Crippen MR) is 133 cm³/mol. The molecule has 0 heterocycles. The Kier molecular flexibility index (Phi) is 5.12. The highest BCUT2D eigenvalue weighted by Crippen LogP contribution is 2.35. The summed E-state index contributed by atoms with van der Waals surface area (Å²) in [5.74, 6) is 0. The summed E-state index contributed by atoms with van der Waals surface area (Å²) >= 11 is 0. The third kappa shape index (κ3) is 4.01. The quantitative estimate of drug-likeness (QED) is 0.319. The standard InChI is InChI=1S/C29H24N2/c1-22-14-18-26(19-15-22)31(25-10-3-2-4-11-25)27-20-16-24(17-21-27)30-29-13-7-9-23-8-5-6-12-28(23)29/h2-21,30H,1H3. The Balaban J connectivity index is 1.48. The summed E-state index contributed by atoms with van der Waals surface area (Å²) in [6.07, 6.45) is 0. The Labute approximate surface area is 183 Å². The molecule has 0 radical (unpaired) electrons. The zero-order chi connectivity index (χ0) is 21.0. The molecule has 0 spiro atoms. The number of rotatable bonds is 5. The molecule has 0 saturated carbocycles. The molecule has 0 amide bonds. The molecule has 0 aliphatic rings. The number of nitrogens with one attached hydrogen (secondary N) is 1. The van der Waals surface area contributed by atoms with Crippen molar-refractivity contribution in [3.05, 3.63) is 127 Å². The Morgan fingerprint density at radius 1 is 0.516 bits per heavy atom. The van der Waals surface area contributed by atoms with E-state index in [2.05, 4.69) is 132 Å². The minimum Gasteiger partial charge on any atom is -0.355 e. The molecule has 2 heteroatoms. The fourth-order valence-corrected chi connectivity index (χ4v) is 3.90. The molecule has 0 aliphatic heterocycles. The average molecular weight is 401 g/mol. The second-order valence-electron chi connectivity index (χ2n) is 7.71. The molecule has 31 heavy (non-hydrogen) atoms. The van der Waals surface area contributed by atoms with Gasteiger partial charge in [0.05, 0.1) is 0 Å². The van der Waals surface area contributed by atoms with Gasteiger partial charge in [-0.15, -0.1) is 0 Å². The average Bonchev–Trinajstić information content (AvgIpc) is 2.83. The van der Waals surface area contributed by atoms with Crippen LogP contribution in [0.3, 0.4) is 0 Å². The number of para-hydroxylation sites is 1. The van der Waals surface area contributed by atoms with Crippen LogP contribution in [0.15, 0.2) is 121 Å². The van der Waals surface area contributed by atoms with Crippen molar-refractivity contribution >= 4 is 39.2 Å². The van der Waals surface area contributed by atoms with Crippen molar-refractivity contribution in [2.24, 2.45) is 0 Å². The van der Waals surface area contributed by atoms with E-state index >= 15 is 0 Å². The lowest BCUT2D eigenvalue weighted by molar-refractivity contribution is 1.27. The van der Waals surface area contributed by atoms with E-state index in [-0.39, 0.29) is 0 Å². The fraction of sp³-hybridized carbons (Fsp3) is 0.0345. The normalized spacial score (nSPS) is 10.7. The lowest BCUT2D eigenvalue weighted by Gasteiger charge is -2.25. The van der Waals surface area contributed by atoms with Crippen molar-refractivity contribution in [3.8, 4) is 0 Å². The lowest BCUT2D eigenvalue weighted by Crippen LogP contribution is -2.09. The molecule has 150 valence electrons. The van der Waals surface area contributed by atoms with Gasteiger partial charge in [0.1, 0.15) is 0 Å². The molecule has 0 fully saturated rings. The van der Waals surface area contributed by atoms with Gasteiger partial charge in [0.2, 0.25) is 0 Å². The molecule has 0 aliphatic carbocycles. The number of anilines is 5. The van der Waals surface area contributed by atoms with Gasteiger partial charge in [0.15, 0.2) is 0 Å². The number of fused-ring (bicyclic) bond motifs is 1. The smallest absolute Gasteiger partial charge is 0.0463 e. The SMILES string of the molecule is Cc1ccc(N(c2ccccc2)c2ccc(Nc3cccc4ccccc34)cc2)cc1. The Hall–Kier alpha value is -4.04. The van der Waals surface area contributed by atoms with Gasteiger partial charge >= 0.3 is 0 Å². The zero-order valence-corrected chi connectivity index (χ0v) is 17.5. The molecule has 0 saturated heterocycles. The van der Waals surface area contributed by atoms with Crippen LogP contribution in [0.1, 0.15) is 5.56 Å². The summed E-state index contributed by atoms with van der Waals surface area (Å²) < 4.78 is 0. The molecule has 0 bridgehead atoms. The van der Waals surface area contributed by atoms with Gasteiger partial charge in [0, 0.05) is 33.8 Å². The summed E-state index contributed by atoms with van der Waals surface area (Å²) in [5.41, 5.74) is 6.85. The van der Waals surface area contributed by atoms with Crippen LogP contribution in [0.4, 0.5) is 28.4 Å². The summed E-state index contributed by atoms with van der Waals surface area (Å²) in [7, 11) is 0. The van der Waals surface area contributed by atoms with Crippen molar-refractivity contribution in [1.82, 2.24) is 0 Å². The third-order valence-electron chi connectivity index (χ3n) is 5.50. The van der Waals surface area contributed by atoms with Crippen LogP contribution in [0, 0.1) is 6.92 Å². The monoisotopic (exact) mass is 400 g/mol. The molecule has 5 aromatic rings. The lowest BCUT2D eigenvalue weighted by atomic mass is 10.1. The molecule has 5 aromatic carbocycles. The van der Waals surface area contributed by atoms with E-state index in [0.29, 0.717) is 0 Å². The minimum absolute atomic E-state index is 1.07. The van der Waals surface area contributed by atoms with Crippen molar-refractivity contribution < 1.29 is 0 Å². The Bertz CT molecular complexity index is 1290. The van der Waals surface area contributed by atoms with Gasteiger partial charge in [-0.3, -0.25) is 0 Å². The summed E-state index contributed by atoms with van der Waals surface area (Å²) in [4.78, 5) is 2.28. The van der Waals surface area contributed by atoms with E-state index in [1.807, 2.05) is 6.07 Å². The topological polar surface area (TPSA) is 15.3 Å². The van der Waals surface area contributed by atoms with Crippen LogP contribution in [-0.4, -0.2) is 0 Å². The number of hydrogen-bond acceptors (Lipinski definition) is 2. The van der Waals surface area contributed by atoms with Gasteiger partial charge in [-0.25, -0.2) is 0 Å². The van der Waals surface area contributed by atoms with Gasteiger partial charge < -0.3 is 10.2 Å². The largest absolute Gasteiger partial charge is 0.355 e. The highest BCUT2D eigenvalue weighted by atomic mass is 15.1. The first-order chi connectivity index (χ1) is 15.3. The van der Waals surface area contributed by atoms with Crippen LogP contribution in [0.25, 0.3) is 10.8 Å². The van der Waals surface area contributed by atoms with E-state index < -0.39 is 0 Å². The maximum absolute atomic E-state index is 3.58. The fourth-order valence-electron chi connectivity index (χ4n) is 3.90. The highest BCUT2D eigenvalue weighted by Gasteiger charge is 2.12. The molecular weight excluding hydrogens is 376 g/mol. The molecule has 1 N–H and O–H groups in total. The molecule has 0 unspecified atom stereocenters. The van der Waals surface area contributed by atoms with Crippen molar-refractivity contribution in [2.75, 3.05) is 10.2 Å². The van der Waals surface area contributed by atoms with E-state index in [1.54, 1.807) is 0 Å². The molecule has 0 atom stereocenters. The van der Waals surface area contributed by atoms with Crippen molar-refractivity contribution in [1.29, 1.82) is 0 Å². The Morgan fingerprint density at radius 2 is 1.10 bits per heavy atom. The minimum atomic E-state index is 1.07. The number of benzene rings is 5. The van der Waals surface area contributed by atoms with E-state index in [4.69, 9.17) is 0 Å². The van der Waals surface area contributed by atoms with Crippen LogP contribution >= 0.6 is 0 Å². The predicted octanol–water partition coefficient (Wildman–Crippen LogP) is 8.36. The van der Waals surface area contributed by atoms with Gasteiger partial charge in [-0.2, -0.15) is 0 Å². The first-order valence-corrected chi connectivity index (χ1v) is 10.5. The molecule has 5 rings (SSSR count). The maximum Gasteiger partial charge on any atom is 0.0463 e. The Morgan fingerprint density at radius 3 is 1.84 bits per heavy atom. The highest BCUT2D eigenvalue weighted by molar-refractivity contribution is 5.95. The van der Waals surface area contributed by atoms with Gasteiger partial charge in [0.25, 0.3) is 0 Å². The number of hydrogen-bond donors (Lipinski definition) is 1. The molecule has 2 nitrogen and oxygen atoms in total. The van der Waals surface area contributed by atoms with Gasteiger partial charge in [-0.1, -0.05) is 72.3 Å². The van der Waals surface area contributed by atoms with E-state index in [0.717, 1.165) is 28.4 Å². The van der Waals surface area contributed by atoms with Crippen LogP contribution in [0.5, 0.6) is 0 Å². The van der Waals surface area contributed by atoms with Crippen molar-refractivity contribution in [3.63, 3.8) is 0 Å². The van der Waals surface area contributed by atoms with Crippen LogP contribution in [-0.2, 0) is 0 Å². The summed E-state index contributed by atoms with van der Waals surface area (Å²) in [6.45, 7) is 2.12. The van der Waals surface area contributed by atoms with E-state index in [1.165, 1.54) is 16.3 Å². The summed E-state index contributed by atoms with van der Waals surface area (Å²) in [6, 6.07) is 42.6. The first-order valence-electron chi connectivity index (χ1n) is 10.5. The number of aryl methyl sites for hydroxylation is 1. The van der Waals surface area contributed by atoms with Crippen molar-refractivity contribution in [2.45, 2.75) is 6.92 Å². The van der Waals surface area contributed by atoms with Gasteiger partial charge in [-0.05, 0) is 66.9 Å². The maximum atomic E-state index is 3.58. The first kappa shape index (κ1) is 19.0. The second kappa shape index (κ2) is 8.37. The third-order valence-corrected chi connectivity index (χ3v) is 5.50. The summed E-state index contributed by atoms with van der Waals surface area (Å²) in [5, 5.41) is 6.04. The van der Waals surface area contributed by atoms with Crippen LogP contribution in [0.2, 0.25) is 0 Å². The zero-order valence-electron chi connectivity index (χ0n) is 17.5. The van der Waals surface area contributed by atoms with Crippen LogP contribution < -0.4 is 10.2 Å². The molecule has 0 aromatic heterocycles. The van der Waals surface area contributed by atoms with E-state index in [9.17, 15) is 0 Å². The number of nitrogens with zero attached hydrogens (tertiary/aromatic N) is 1. The second-order valence-corrected chi connectivity index (χ2v) is 7.71.